The lowest BCUT2D eigenvalue weighted by molar-refractivity contribution is -0.128. The minimum absolute atomic E-state index is 0.0370. The van der Waals surface area contributed by atoms with Crippen molar-refractivity contribution in [3.63, 3.8) is 0 Å². The van der Waals surface area contributed by atoms with E-state index in [1.165, 1.54) is 0 Å². The molecule has 0 unspecified atom stereocenters. The molecule has 1 rings (SSSR count). The maximum absolute atomic E-state index is 11.7. The summed E-state index contributed by atoms with van der Waals surface area (Å²) in [7, 11) is 0. The topological polar surface area (TPSA) is 17.1 Å². The van der Waals surface area contributed by atoms with Crippen molar-refractivity contribution >= 4 is 28.4 Å². The fourth-order valence-corrected chi connectivity index (χ4v) is 2.50. The fourth-order valence-electron chi connectivity index (χ4n) is 1.66. The molecule has 0 aliphatic heterocycles. The van der Waals surface area contributed by atoms with Crippen LogP contribution in [0.2, 0.25) is 0 Å². The summed E-state index contributed by atoms with van der Waals surface area (Å²) >= 11 is 2.15. The standard InChI is InChI=1S/C10H15IO/c1-9(2)5-4-6-10(9,3)8(12)7-11/h4-5H,6-7H2,1-3H3/t10-/m1/s1. The van der Waals surface area contributed by atoms with Crippen LogP contribution in [-0.4, -0.2) is 10.2 Å². The highest BCUT2D eigenvalue weighted by atomic mass is 127. The van der Waals surface area contributed by atoms with Crippen LogP contribution in [0.25, 0.3) is 0 Å². The largest absolute Gasteiger partial charge is 0.298 e. The number of Topliss-reactive ketones (excluding diaryl/α,β-unsaturated/α-hetero) is 1. The van der Waals surface area contributed by atoms with Crippen LogP contribution in [0.5, 0.6) is 0 Å². The molecule has 1 atom stereocenters. The van der Waals surface area contributed by atoms with Crippen molar-refractivity contribution in [2.45, 2.75) is 27.2 Å². The molecule has 12 heavy (non-hydrogen) atoms. The molecule has 68 valence electrons. The summed E-state index contributed by atoms with van der Waals surface area (Å²) in [6.45, 7) is 6.36. The molecule has 0 aromatic heterocycles. The SMILES string of the molecule is CC1(C)C=CC[C@]1(C)C(=O)CI. The lowest BCUT2D eigenvalue weighted by Crippen LogP contribution is -2.38. The number of ketones is 1. The van der Waals surface area contributed by atoms with E-state index in [0.717, 1.165) is 6.42 Å². The van der Waals surface area contributed by atoms with Crippen LogP contribution in [0.4, 0.5) is 0 Å². The summed E-state index contributed by atoms with van der Waals surface area (Å²) in [5, 5.41) is 0. The van der Waals surface area contributed by atoms with Crippen molar-refractivity contribution in [2.75, 3.05) is 4.43 Å². The molecule has 1 aliphatic carbocycles. The van der Waals surface area contributed by atoms with Crippen LogP contribution in [0.1, 0.15) is 27.2 Å². The zero-order valence-electron chi connectivity index (χ0n) is 7.86. The van der Waals surface area contributed by atoms with Gasteiger partial charge in [-0.05, 0) is 11.8 Å². The Balaban J connectivity index is 2.94. The van der Waals surface area contributed by atoms with Crippen LogP contribution in [-0.2, 0) is 4.79 Å². The lowest BCUT2D eigenvalue weighted by atomic mass is 9.67. The monoisotopic (exact) mass is 278 g/mol. The summed E-state index contributed by atoms with van der Waals surface area (Å²) in [6, 6.07) is 0. The van der Waals surface area contributed by atoms with Gasteiger partial charge in [0.2, 0.25) is 0 Å². The van der Waals surface area contributed by atoms with Gasteiger partial charge in [-0.2, -0.15) is 0 Å². The Bertz CT molecular complexity index is 230. The molecule has 0 saturated carbocycles. The molecule has 0 radical (unpaired) electrons. The highest BCUT2D eigenvalue weighted by molar-refractivity contribution is 14.1. The van der Waals surface area contributed by atoms with Crippen molar-refractivity contribution in [1.82, 2.24) is 0 Å². The first kappa shape index (κ1) is 10.2. The number of alkyl halides is 1. The third-order valence-electron chi connectivity index (χ3n) is 3.22. The quantitative estimate of drug-likeness (QED) is 0.431. The number of rotatable bonds is 2. The van der Waals surface area contributed by atoms with E-state index in [1.54, 1.807) is 0 Å². The van der Waals surface area contributed by atoms with E-state index in [4.69, 9.17) is 0 Å². The van der Waals surface area contributed by atoms with Crippen molar-refractivity contribution in [2.24, 2.45) is 10.8 Å². The van der Waals surface area contributed by atoms with Gasteiger partial charge in [0.05, 0.1) is 4.43 Å². The second-order valence-electron chi connectivity index (χ2n) is 4.22. The molecular weight excluding hydrogens is 263 g/mol. The third-order valence-corrected chi connectivity index (χ3v) is 3.91. The van der Waals surface area contributed by atoms with Gasteiger partial charge in [0.1, 0.15) is 5.78 Å². The van der Waals surface area contributed by atoms with Gasteiger partial charge in [-0.3, -0.25) is 4.79 Å². The summed E-state index contributed by atoms with van der Waals surface area (Å²) in [6.07, 6.45) is 5.20. The van der Waals surface area contributed by atoms with Gasteiger partial charge in [-0.15, -0.1) is 0 Å². The maximum Gasteiger partial charge on any atom is 0.149 e. The van der Waals surface area contributed by atoms with Gasteiger partial charge in [0, 0.05) is 5.41 Å². The minimum atomic E-state index is -0.159. The number of carbonyl (C=O) groups is 1. The van der Waals surface area contributed by atoms with E-state index < -0.39 is 0 Å². The zero-order chi connectivity index (χ0) is 9.41. The molecule has 0 saturated heterocycles. The Hall–Kier alpha value is 0.140. The number of carbonyl (C=O) groups excluding carboxylic acids is 1. The smallest absolute Gasteiger partial charge is 0.149 e. The Kier molecular flexibility index (Phi) is 2.66. The van der Waals surface area contributed by atoms with Crippen molar-refractivity contribution in [1.29, 1.82) is 0 Å². The van der Waals surface area contributed by atoms with Gasteiger partial charge in [-0.25, -0.2) is 0 Å². The zero-order valence-corrected chi connectivity index (χ0v) is 10.0. The molecule has 0 amide bonds. The van der Waals surface area contributed by atoms with Crippen molar-refractivity contribution in [3.05, 3.63) is 12.2 Å². The summed E-state index contributed by atoms with van der Waals surface area (Å²) < 4.78 is 0.624. The summed E-state index contributed by atoms with van der Waals surface area (Å²) in [5.41, 5.74) is -0.122. The van der Waals surface area contributed by atoms with Crippen LogP contribution >= 0.6 is 22.6 Å². The molecule has 0 aromatic carbocycles. The first-order valence-electron chi connectivity index (χ1n) is 4.21. The molecule has 2 heteroatoms. The molecule has 0 aromatic rings. The predicted octanol–water partition coefficient (Wildman–Crippen LogP) is 2.98. The van der Waals surface area contributed by atoms with Gasteiger partial charge < -0.3 is 0 Å². The highest BCUT2D eigenvalue weighted by Crippen LogP contribution is 2.48. The summed E-state index contributed by atoms with van der Waals surface area (Å²) in [5.74, 6) is 0.373. The molecule has 0 N–H and O–H groups in total. The minimum Gasteiger partial charge on any atom is -0.298 e. The van der Waals surface area contributed by atoms with Crippen LogP contribution in [0.15, 0.2) is 12.2 Å². The van der Waals surface area contributed by atoms with E-state index >= 15 is 0 Å². The van der Waals surface area contributed by atoms with Gasteiger partial charge in [0.25, 0.3) is 0 Å². The first-order chi connectivity index (χ1) is 5.44. The van der Waals surface area contributed by atoms with Gasteiger partial charge >= 0.3 is 0 Å². The Morgan fingerprint density at radius 2 is 2.08 bits per heavy atom. The predicted molar refractivity (Wildman–Crippen MR) is 59.5 cm³/mol. The number of halogens is 1. The molecule has 1 aliphatic rings. The Morgan fingerprint density at radius 1 is 1.50 bits per heavy atom. The molecule has 0 spiro atoms. The molecule has 0 bridgehead atoms. The van der Waals surface area contributed by atoms with E-state index in [-0.39, 0.29) is 10.8 Å². The van der Waals surface area contributed by atoms with Crippen LogP contribution < -0.4 is 0 Å². The average Bonchev–Trinajstić information content (AvgIpc) is 2.26. The van der Waals surface area contributed by atoms with Crippen LogP contribution in [0, 0.1) is 10.8 Å². The number of allylic oxidation sites excluding steroid dienone is 2. The lowest BCUT2D eigenvalue weighted by Gasteiger charge is -2.36. The molecule has 1 nitrogen and oxygen atoms in total. The second-order valence-corrected chi connectivity index (χ2v) is 4.98. The molecular formula is C10H15IO. The van der Waals surface area contributed by atoms with Crippen molar-refractivity contribution in [3.8, 4) is 0 Å². The van der Waals surface area contributed by atoms with Crippen LogP contribution in [0.3, 0.4) is 0 Å². The first-order valence-corrected chi connectivity index (χ1v) is 5.73. The maximum atomic E-state index is 11.7. The van der Waals surface area contributed by atoms with E-state index in [1.807, 2.05) is 0 Å². The molecule has 0 fully saturated rings. The summed E-state index contributed by atoms with van der Waals surface area (Å²) in [4.78, 5) is 11.7. The second kappa shape index (κ2) is 3.13. The Labute approximate surface area is 87.8 Å². The van der Waals surface area contributed by atoms with Crippen molar-refractivity contribution < 1.29 is 4.79 Å². The van der Waals surface area contributed by atoms with E-state index in [9.17, 15) is 4.79 Å². The number of hydrogen-bond donors (Lipinski definition) is 0. The third kappa shape index (κ3) is 1.34. The van der Waals surface area contributed by atoms with Gasteiger partial charge in [-0.1, -0.05) is 55.5 Å². The Morgan fingerprint density at radius 3 is 2.42 bits per heavy atom. The average molecular weight is 278 g/mol. The van der Waals surface area contributed by atoms with Gasteiger partial charge in [0.15, 0.2) is 0 Å². The highest BCUT2D eigenvalue weighted by Gasteiger charge is 2.46. The normalized spacial score (nSPS) is 32.3. The van der Waals surface area contributed by atoms with E-state index in [2.05, 4.69) is 55.5 Å². The van der Waals surface area contributed by atoms with E-state index in [0.29, 0.717) is 10.2 Å². The number of hydrogen-bond acceptors (Lipinski definition) is 1. The molecule has 0 heterocycles. The fraction of sp³-hybridized carbons (Fsp3) is 0.700.